The normalized spacial score (nSPS) is 18.9. The fraction of sp³-hybridized carbons (Fsp3) is 0.444. The predicted molar refractivity (Wildman–Crippen MR) is 177 cm³/mol. The summed E-state index contributed by atoms with van der Waals surface area (Å²) in [5.41, 5.74) is -1.29. The fourth-order valence-corrected chi connectivity index (χ4v) is 6.24. The van der Waals surface area contributed by atoms with E-state index in [0.717, 1.165) is 25.3 Å². The Hall–Kier alpha value is -3.93. The number of hydrogen-bond acceptors (Lipinski definition) is 7. The number of fused-ring (bicyclic) bond motifs is 1. The molecule has 0 bridgehead atoms. The largest absolute Gasteiger partial charge is 0.488 e. The predicted octanol–water partition coefficient (Wildman–Crippen LogP) is 7.26. The number of rotatable bonds is 10. The SMILES string of the molecule is CNC(=O)c1ccc(OCCOC2CCCCO2)c(F)c1-c1c(Cl)c(F)cc2c1C[C@@](CN(C)C(=O)OC(C)(C)C)(c1ccccc1)O2. The van der Waals surface area contributed by atoms with Gasteiger partial charge in [0, 0.05) is 49.9 Å². The van der Waals surface area contributed by atoms with Crippen LogP contribution in [0.25, 0.3) is 11.1 Å². The van der Waals surface area contributed by atoms with Gasteiger partial charge in [-0.3, -0.25) is 4.79 Å². The van der Waals surface area contributed by atoms with Crippen molar-refractivity contribution in [2.45, 2.75) is 63.9 Å². The van der Waals surface area contributed by atoms with Crippen LogP contribution in [-0.4, -0.2) is 69.3 Å². The van der Waals surface area contributed by atoms with Crippen LogP contribution in [0.1, 0.15) is 61.5 Å². The molecule has 5 rings (SSSR count). The molecule has 0 radical (unpaired) electrons. The molecule has 1 fully saturated rings. The highest BCUT2D eigenvalue weighted by molar-refractivity contribution is 6.34. The van der Waals surface area contributed by atoms with Crippen molar-refractivity contribution in [3.63, 3.8) is 0 Å². The average Bonchev–Trinajstić information content (AvgIpc) is 3.42. The Kier molecular flexibility index (Phi) is 10.8. The third-order valence-electron chi connectivity index (χ3n) is 8.16. The zero-order valence-corrected chi connectivity index (χ0v) is 28.5. The molecule has 2 heterocycles. The number of halogens is 3. The van der Waals surface area contributed by atoms with Crippen LogP contribution in [0.3, 0.4) is 0 Å². The van der Waals surface area contributed by atoms with Crippen LogP contribution in [-0.2, 0) is 26.2 Å². The van der Waals surface area contributed by atoms with Gasteiger partial charge in [0.1, 0.15) is 23.8 Å². The van der Waals surface area contributed by atoms with Gasteiger partial charge in [-0.2, -0.15) is 0 Å². The molecule has 3 aromatic rings. The molecule has 2 amide bonds. The summed E-state index contributed by atoms with van der Waals surface area (Å²) >= 11 is 6.65. The lowest BCUT2D eigenvalue weighted by molar-refractivity contribution is -0.165. The Morgan fingerprint density at radius 2 is 1.83 bits per heavy atom. The third kappa shape index (κ3) is 7.69. The summed E-state index contributed by atoms with van der Waals surface area (Å²) in [6.07, 6.45) is 1.87. The van der Waals surface area contributed by atoms with Gasteiger partial charge < -0.3 is 33.9 Å². The number of amides is 2. The molecule has 1 saturated heterocycles. The molecule has 0 aliphatic carbocycles. The Morgan fingerprint density at radius 3 is 2.50 bits per heavy atom. The van der Waals surface area contributed by atoms with Crippen molar-refractivity contribution in [2.75, 3.05) is 40.5 Å². The molecular weight excluding hydrogens is 646 g/mol. The molecule has 1 N–H and O–H groups in total. The van der Waals surface area contributed by atoms with E-state index in [2.05, 4.69) is 5.32 Å². The van der Waals surface area contributed by atoms with Crippen molar-refractivity contribution in [1.82, 2.24) is 10.2 Å². The van der Waals surface area contributed by atoms with Crippen LogP contribution in [0.2, 0.25) is 5.02 Å². The Morgan fingerprint density at radius 1 is 1.08 bits per heavy atom. The average molecular weight is 687 g/mol. The van der Waals surface area contributed by atoms with E-state index in [9.17, 15) is 9.59 Å². The van der Waals surface area contributed by atoms with E-state index in [4.69, 9.17) is 35.3 Å². The van der Waals surface area contributed by atoms with E-state index in [1.807, 2.05) is 30.3 Å². The van der Waals surface area contributed by atoms with E-state index < -0.39 is 34.8 Å². The maximum Gasteiger partial charge on any atom is 0.410 e. The number of nitrogens with one attached hydrogen (secondary N) is 1. The monoisotopic (exact) mass is 686 g/mol. The van der Waals surface area contributed by atoms with Crippen molar-refractivity contribution in [2.24, 2.45) is 0 Å². The van der Waals surface area contributed by atoms with Crippen LogP contribution in [0.4, 0.5) is 13.6 Å². The topological polar surface area (TPSA) is 95.6 Å². The molecule has 2 aliphatic rings. The summed E-state index contributed by atoms with van der Waals surface area (Å²) in [4.78, 5) is 27.6. The van der Waals surface area contributed by atoms with Gasteiger partial charge in [0.05, 0.1) is 23.7 Å². The molecule has 3 aromatic carbocycles. The van der Waals surface area contributed by atoms with Crippen molar-refractivity contribution >= 4 is 23.6 Å². The molecule has 2 atom stereocenters. The first-order valence-electron chi connectivity index (χ1n) is 15.9. The van der Waals surface area contributed by atoms with Gasteiger partial charge in [-0.15, -0.1) is 0 Å². The molecule has 1 unspecified atom stereocenters. The van der Waals surface area contributed by atoms with Crippen LogP contribution < -0.4 is 14.8 Å². The molecule has 9 nitrogen and oxygen atoms in total. The lowest BCUT2D eigenvalue weighted by Gasteiger charge is -2.34. The highest BCUT2D eigenvalue weighted by atomic mass is 35.5. The minimum Gasteiger partial charge on any atom is -0.488 e. The van der Waals surface area contributed by atoms with E-state index in [1.165, 1.54) is 24.1 Å². The number of nitrogens with zero attached hydrogens (tertiary/aromatic N) is 1. The number of carbonyl (C=O) groups is 2. The minimum atomic E-state index is -1.24. The molecule has 0 spiro atoms. The maximum atomic E-state index is 16.6. The molecule has 0 aromatic heterocycles. The van der Waals surface area contributed by atoms with Crippen LogP contribution >= 0.6 is 11.6 Å². The Bertz CT molecular complexity index is 1640. The molecule has 0 saturated carbocycles. The first-order chi connectivity index (χ1) is 22.8. The third-order valence-corrected chi connectivity index (χ3v) is 8.53. The second-order valence-corrected chi connectivity index (χ2v) is 13.3. The van der Waals surface area contributed by atoms with Gasteiger partial charge in [-0.25, -0.2) is 13.6 Å². The smallest absolute Gasteiger partial charge is 0.410 e. The summed E-state index contributed by atoms with van der Waals surface area (Å²) < 4.78 is 61.4. The van der Waals surface area contributed by atoms with E-state index in [1.54, 1.807) is 27.8 Å². The summed E-state index contributed by atoms with van der Waals surface area (Å²) in [5, 5.41) is 2.13. The van der Waals surface area contributed by atoms with E-state index in [0.29, 0.717) is 17.7 Å². The summed E-state index contributed by atoms with van der Waals surface area (Å²) in [6.45, 7) is 6.05. The number of benzene rings is 3. The molecular formula is C36H41ClF2N2O7. The lowest BCUT2D eigenvalue weighted by atomic mass is 9.85. The van der Waals surface area contributed by atoms with Gasteiger partial charge in [0.2, 0.25) is 0 Å². The van der Waals surface area contributed by atoms with Gasteiger partial charge in [-0.1, -0.05) is 41.9 Å². The number of carbonyl (C=O) groups excluding carboxylic acids is 2. The van der Waals surface area contributed by atoms with E-state index in [-0.39, 0.29) is 65.7 Å². The fourth-order valence-electron chi connectivity index (χ4n) is 5.98. The quantitative estimate of drug-likeness (QED) is 0.224. The van der Waals surface area contributed by atoms with Crippen molar-refractivity contribution < 1.29 is 42.1 Å². The van der Waals surface area contributed by atoms with Gasteiger partial charge >= 0.3 is 6.09 Å². The van der Waals surface area contributed by atoms with Gasteiger partial charge in [0.25, 0.3) is 5.91 Å². The van der Waals surface area contributed by atoms with Crippen LogP contribution in [0.15, 0.2) is 48.5 Å². The number of hydrogen-bond donors (Lipinski definition) is 1. The number of likely N-dealkylation sites (N-methyl/N-ethyl adjacent to an activating group) is 1. The molecule has 258 valence electrons. The summed E-state index contributed by atoms with van der Waals surface area (Å²) in [5.74, 6) is -2.45. The van der Waals surface area contributed by atoms with Crippen LogP contribution in [0, 0.1) is 11.6 Å². The van der Waals surface area contributed by atoms with Gasteiger partial charge in [0.15, 0.2) is 23.5 Å². The first-order valence-corrected chi connectivity index (χ1v) is 16.3. The maximum absolute atomic E-state index is 16.6. The molecule has 2 aliphatic heterocycles. The zero-order chi connectivity index (χ0) is 34.6. The second-order valence-electron chi connectivity index (χ2n) is 12.9. The Balaban J connectivity index is 1.55. The van der Waals surface area contributed by atoms with Crippen molar-refractivity contribution in [3.8, 4) is 22.6 Å². The highest BCUT2D eigenvalue weighted by Crippen LogP contribution is 2.51. The second kappa shape index (κ2) is 14.7. The zero-order valence-electron chi connectivity index (χ0n) is 27.8. The lowest BCUT2D eigenvalue weighted by Crippen LogP contribution is -2.46. The molecule has 48 heavy (non-hydrogen) atoms. The summed E-state index contributed by atoms with van der Waals surface area (Å²) in [7, 11) is 2.99. The van der Waals surface area contributed by atoms with Gasteiger partial charge in [-0.05, 0) is 57.7 Å². The van der Waals surface area contributed by atoms with Crippen molar-refractivity contribution in [1.29, 1.82) is 0 Å². The van der Waals surface area contributed by atoms with Crippen LogP contribution in [0.5, 0.6) is 11.5 Å². The van der Waals surface area contributed by atoms with Crippen molar-refractivity contribution in [3.05, 3.63) is 81.9 Å². The first kappa shape index (κ1) is 35.4. The summed E-state index contributed by atoms with van der Waals surface area (Å²) in [6, 6.07) is 13.0. The minimum absolute atomic E-state index is 0.00175. The highest BCUT2D eigenvalue weighted by Gasteiger charge is 2.46. The molecule has 12 heteroatoms. The standard InChI is InChI=1S/C36H41ClF2N2O7/c1-35(2,3)48-34(43)41(5)21-36(22-11-7-6-8-12-22)20-24-27(47-36)19-25(38)31(37)29(24)30-23(33(42)40-4)14-15-26(32(30)39)44-17-18-46-28-13-9-10-16-45-28/h6-8,11-12,14-15,19,28H,9-10,13,16-18,20-21H2,1-5H3,(H,40,42)/t28?,36-/m1/s1. The van der Waals surface area contributed by atoms with E-state index >= 15 is 8.78 Å². The number of ether oxygens (including phenoxy) is 5. The Labute approximate surface area is 284 Å².